The molecule has 1 aliphatic heterocycles. The van der Waals surface area contributed by atoms with Crippen LogP contribution in [0.15, 0.2) is 36.7 Å². The van der Waals surface area contributed by atoms with Crippen molar-refractivity contribution in [2.24, 2.45) is 0 Å². The number of ether oxygens (including phenoxy) is 3. The van der Waals surface area contributed by atoms with Crippen LogP contribution in [-0.2, 0) is 9.53 Å². The molecule has 0 aliphatic carbocycles. The molecule has 0 N–H and O–H groups in total. The van der Waals surface area contributed by atoms with E-state index in [1.54, 1.807) is 41.6 Å². The van der Waals surface area contributed by atoms with Crippen LogP contribution in [-0.4, -0.2) is 73.2 Å². The normalized spacial score (nSPS) is 13.7. The summed E-state index contributed by atoms with van der Waals surface area (Å²) in [6.45, 7) is 4.26. The second kappa shape index (κ2) is 9.72. The van der Waals surface area contributed by atoms with Gasteiger partial charge >= 0.3 is 5.97 Å². The van der Waals surface area contributed by atoms with Crippen molar-refractivity contribution in [1.82, 2.24) is 14.9 Å². The number of hydrogen-bond donors (Lipinski definition) is 0. The number of carbonyl (C=O) groups excluding carboxylic acids is 2. The van der Waals surface area contributed by atoms with E-state index in [0.29, 0.717) is 55.8 Å². The zero-order valence-electron chi connectivity index (χ0n) is 16.5. The molecule has 0 saturated carbocycles. The molecule has 0 radical (unpaired) electrons. The standard InChI is InChI=1S/C20H24N4O5/c1-3-28-17-13-15(5-6-16(17)27-2)19(26)29-14-18(25)23-9-11-24(12-10-23)20-21-7-4-8-22-20/h4-8,13H,3,9-12,14H2,1-2H3. The van der Waals surface area contributed by atoms with Crippen molar-refractivity contribution in [3.05, 3.63) is 42.2 Å². The summed E-state index contributed by atoms with van der Waals surface area (Å²) in [6.07, 6.45) is 3.38. The molecule has 2 aromatic rings. The lowest BCUT2D eigenvalue weighted by Gasteiger charge is -2.34. The number of carbonyl (C=O) groups is 2. The van der Waals surface area contributed by atoms with Crippen LogP contribution in [0.4, 0.5) is 5.95 Å². The molecule has 0 bridgehead atoms. The molecular weight excluding hydrogens is 376 g/mol. The molecule has 0 atom stereocenters. The number of amides is 1. The lowest BCUT2D eigenvalue weighted by molar-refractivity contribution is -0.134. The Morgan fingerprint density at radius 3 is 2.45 bits per heavy atom. The maximum atomic E-state index is 12.4. The summed E-state index contributed by atoms with van der Waals surface area (Å²) in [7, 11) is 1.53. The summed E-state index contributed by atoms with van der Waals surface area (Å²) in [5.74, 6) is 0.814. The summed E-state index contributed by atoms with van der Waals surface area (Å²) < 4.78 is 15.9. The van der Waals surface area contributed by atoms with E-state index >= 15 is 0 Å². The molecule has 9 nitrogen and oxygen atoms in total. The minimum absolute atomic E-state index is 0.231. The number of aromatic nitrogens is 2. The highest BCUT2D eigenvalue weighted by Gasteiger charge is 2.23. The average molecular weight is 400 g/mol. The molecule has 0 unspecified atom stereocenters. The van der Waals surface area contributed by atoms with Gasteiger partial charge in [0, 0.05) is 38.6 Å². The van der Waals surface area contributed by atoms with Crippen molar-refractivity contribution >= 4 is 17.8 Å². The number of anilines is 1. The predicted octanol–water partition coefficient (Wildman–Crippen LogP) is 1.39. The van der Waals surface area contributed by atoms with Crippen molar-refractivity contribution in [3.63, 3.8) is 0 Å². The molecule has 2 heterocycles. The van der Waals surface area contributed by atoms with E-state index in [4.69, 9.17) is 14.2 Å². The molecule has 29 heavy (non-hydrogen) atoms. The van der Waals surface area contributed by atoms with E-state index in [0.717, 1.165) is 0 Å². The Morgan fingerprint density at radius 1 is 1.07 bits per heavy atom. The Bertz CT molecular complexity index is 838. The van der Waals surface area contributed by atoms with Gasteiger partial charge in [-0.15, -0.1) is 0 Å². The fourth-order valence-electron chi connectivity index (χ4n) is 2.98. The first-order chi connectivity index (χ1) is 14.1. The molecule has 1 aliphatic rings. The van der Waals surface area contributed by atoms with Crippen LogP contribution in [0.3, 0.4) is 0 Å². The van der Waals surface area contributed by atoms with Gasteiger partial charge in [-0.25, -0.2) is 14.8 Å². The van der Waals surface area contributed by atoms with Gasteiger partial charge in [0.05, 0.1) is 19.3 Å². The highest BCUT2D eigenvalue weighted by molar-refractivity contribution is 5.92. The topological polar surface area (TPSA) is 94.1 Å². The number of rotatable bonds is 7. The highest BCUT2D eigenvalue weighted by atomic mass is 16.5. The van der Waals surface area contributed by atoms with Crippen LogP contribution < -0.4 is 14.4 Å². The smallest absolute Gasteiger partial charge is 0.338 e. The fourth-order valence-corrected chi connectivity index (χ4v) is 2.98. The van der Waals surface area contributed by atoms with Gasteiger partial charge in [0.25, 0.3) is 5.91 Å². The first-order valence-electron chi connectivity index (χ1n) is 9.40. The first kappa shape index (κ1) is 20.4. The minimum Gasteiger partial charge on any atom is -0.493 e. The number of methoxy groups -OCH3 is 1. The lowest BCUT2D eigenvalue weighted by atomic mass is 10.2. The van der Waals surface area contributed by atoms with Gasteiger partial charge in [0.2, 0.25) is 5.95 Å². The minimum atomic E-state index is -0.585. The zero-order chi connectivity index (χ0) is 20.6. The molecule has 9 heteroatoms. The maximum absolute atomic E-state index is 12.4. The monoisotopic (exact) mass is 400 g/mol. The molecule has 1 aromatic carbocycles. The van der Waals surface area contributed by atoms with Crippen molar-refractivity contribution < 1.29 is 23.8 Å². The third-order valence-electron chi connectivity index (χ3n) is 4.49. The molecule has 1 saturated heterocycles. The number of benzene rings is 1. The molecule has 0 spiro atoms. The quantitative estimate of drug-likeness (QED) is 0.644. The Labute approximate surface area is 169 Å². The second-order valence-corrected chi connectivity index (χ2v) is 6.29. The van der Waals surface area contributed by atoms with Crippen LogP contribution in [0.2, 0.25) is 0 Å². The molecule has 3 rings (SSSR count). The predicted molar refractivity (Wildman–Crippen MR) is 105 cm³/mol. The summed E-state index contributed by atoms with van der Waals surface area (Å²) in [6, 6.07) is 6.52. The van der Waals surface area contributed by atoms with Crippen molar-refractivity contribution in [1.29, 1.82) is 0 Å². The van der Waals surface area contributed by atoms with Crippen LogP contribution in [0.1, 0.15) is 17.3 Å². The molecule has 1 amide bonds. The summed E-state index contributed by atoms with van der Waals surface area (Å²) in [4.78, 5) is 36.8. The maximum Gasteiger partial charge on any atom is 0.338 e. The number of esters is 1. The average Bonchev–Trinajstić information content (AvgIpc) is 2.78. The molecule has 1 fully saturated rings. The second-order valence-electron chi connectivity index (χ2n) is 6.29. The van der Waals surface area contributed by atoms with Crippen LogP contribution in [0.25, 0.3) is 0 Å². The van der Waals surface area contributed by atoms with E-state index in [2.05, 4.69) is 9.97 Å². The zero-order valence-corrected chi connectivity index (χ0v) is 16.5. The van der Waals surface area contributed by atoms with Crippen molar-refractivity contribution in [2.75, 3.05) is 51.4 Å². The first-order valence-corrected chi connectivity index (χ1v) is 9.40. The van der Waals surface area contributed by atoms with Gasteiger partial charge in [0.1, 0.15) is 0 Å². The lowest BCUT2D eigenvalue weighted by Crippen LogP contribution is -2.50. The molecule has 154 valence electrons. The van der Waals surface area contributed by atoms with E-state index in [1.807, 2.05) is 11.8 Å². The molecular formula is C20H24N4O5. The van der Waals surface area contributed by atoms with Gasteiger partial charge in [-0.2, -0.15) is 0 Å². The third-order valence-corrected chi connectivity index (χ3v) is 4.49. The van der Waals surface area contributed by atoms with Gasteiger partial charge in [-0.1, -0.05) is 0 Å². The Kier molecular flexibility index (Phi) is 6.83. The van der Waals surface area contributed by atoms with E-state index in [-0.39, 0.29) is 12.5 Å². The van der Waals surface area contributed by atoms with E-state index in [1.165, 1.54) is 7.11 Å². The van der Waals surface area contributed by atoms with E-state index in [9.17, 15) is 9.59 Å². The number of hydrogen-bond acceptors (Lipinski definition) is 8. The summed E-state index contributed by atoms with van der Waals surface area (Å²) in [5.41, 5.74) is 0.299. The summed E-state index contributed by atoms with van der Waals surface area (Å²) >= 11 is 0. The van der Waals surface area contributed by atoms with Gasteiger partial charge in [-0.05, 0) is 31.2 Å². The van der Waals surface area contributed by atoms with Crippen LogP contribution in [0, 0.1) is 0 Å². The molecule has 1 aromatic heterocycles. The fraction of sp³-hybridized carbons (Fsp3) is 0.400. The SMILES string of the molecule is CCOc1cc(C(=O)OCC(=O)N2CCN(c3ncccn3)CC2)ccc1OC. The van der Waals surface area contributed by atoms with Crippen LogP contribution in [0.5, 0.6) is 11.5 Å². The summed E-state index contributed by atoms with van der Waals surface area (Å²) in [5, 5.41) is 0. The van der Waals surface area contributed by atoms with Gasteiger partial charge in [0.15, 0.2) is 18.1 Å². The third kappa shape index (κ3) is 5.13. The van der Waals surface area contributed by atoms with Crippen molar-refractivity contribution in [3.8, 4) is 11.5 Å². The van der Waals surface area contributed by atoms with E-state index < -0.39 is 5.97 Å². The van der Waals surface area contributed by atoms with Crippen LogP contribution >= 0.6 is 0 Å². The van der Waals surface area contributed by atoms with Gasteiger partial charge in [-0.3, -0.25) is 4.79 Å². The highest BCUT2D eigenvalue weighted by Crippen LogP contribution is 2.28. The van der Waals surface area contributed by atoms with Gasteiger partial charge < -0.3 is 24.0 Å². The largest absolute Gasteiger partial charge is 0.493 e. The Balaban J connectivity index is 1.50. The Hall–Kier alpha value is -3.36. The number of piperazine rings is 1. The number of nitrogens with zero attached hydrogens (tertiary/aromatic N) is 4. The van der Waals surface area contributed by atoms with Crippen molar-refractivity contribution in [2.45, 2.75) is 6.92 Å². The Morgan fingerprint density at radius 2 is 1.79 bits per heavy atom.